The molecule has 5 nitrogen and oxygen atoms in total. The zero-order valence-electron chi connectivity index (χ0n) is 14.2. The van der Waals surface area contributed by atoms with Gasteiger partial charge in [-0.1, -0.05) is 6.07 Å². The van der Waals surface area contributed by atoms with Gasteiger partial charge in [0.2, 0.25) is 5.91 Å². The number of amides is 1. The Kier molecular flexibility index (Phi) is 5.16. The second kappa shape index (κ2) is 7.30. The van der Waals surface area contributed by atoms with Gasteiger partial charge in [-0.3, -0.25) is 4.79 Å². The standard InChI is InChI=1S/C18H27N3O2/c1-14-3-8-17(19-11-14)20(2)12-15-4-6-16(7-5-15)21-9-10-23-13-18(21)22/h3,8,11,15-16H,4-7,9-10,12-13H2,1-2H3. The van der Waals surface area contributed by atoms with Crippen LogP contribution in [0, 0.1) is 12.8 Å². The number of nitrogens with zero attached hydrogens (tertiary/aromatic N) is 3. The van der Waals surface area contributed by atoms with Crippen molar-refractivity contribution < 1.29 is 9.53 Å². The lowest BCUT2D eigenvalue weighted by molar-refractivity contribution is -0.146. The molecule has 1 aliphatic heterocycles. The molecule has 0 unspecified atom stereocenters. The number of carbonyl (C=O) groups is 1. The third kappa shape index (κ3) is 4.02. The maximum absolute atomic E-state index is 11.9. The van der Waals surface area contributed by atoms with E-state index in [2.05, 4.69) is 36.0 Å². The molecule has 0 N–H and O–H groups in total. The van der Waals surface area contributed by atoms with Gasteiger partial charge < -0.3 is 14.5 Å². The van der Waals surface area contributed by atoms with Gasteiger partial charge in [-0.15, -0.1) is 0 Å². The van der Waals surface area contributed by atoms with Crippen molar-refractivity contribution in [3.63, 3.8) is 0 Å². The number of ether oxygens (including phenoxy) is 1. The number of aromatic nitrogens is 1. The van der Waals surface area contributed by atoms with Gasteiger partial charge >= 0.3 is 0 Å². The molecule has 23 heavy (non-hydrogen) atoms. The first-order valence-corrected chi connectivity index (χ1v) is 8.64. The molecule has 1 aromatic rings. The summed E-state index contributed by atoms with van der Waals surface area (Å²) >= 11 is 0. The SMILES string of the molecule is Cc1ccc(N(C)CC2CCC(N3CCOCC3=O)CC2)nc1. The van der Waals surface area contributed by atoms with E-state index < -0.39 is 0 Å². The average Bonchev–Trinajstić information content (AvgIpc) is 2.57. The van der Waals surface area contributed by atoms with Gasteiger partial charge in [0.15, 0.2) is 0 Å². The molecular weight excluding hydrogens is 290 g/mol. The second-order valence-corrected chi connectivity index (χ2v) is 6.89. The van der Waals surface area contributed by atoms with Crippen molar-refractivity contribution in [1.82, 2.24) is 9.88 Å². The first kappa shape index (κ1) is 16.2. The van der Waals surface area contributed by atoms with Crippen LogP contribution in [-0.2, 0) is 9.53 Å². The maximum atomic E-state index is 11.9. The molecule has 0 atom stereocenters. The molecule has 0 bridgehead atoms. The number of rotatable bonds is 4. The predicted molar refractivity (Wildman–Crippen MR) is 90.5 cm³/mol. The Morgan fingerprint density at radius 3 is 2.74 bits per heavy atom. The molecule has 1 aliphatic carbocycles. The number of carbonyl (C=O) groups excluding carboxylic acids is 1. The largest absolute Gasteiger partial charge is 0.370 e. The lowest BCUT2D eigenvalue weighted by atomic mass is 9.85. The topological polar surface area (TPSA) is 45.7 Å². The van der Waals surface area contributed by atoms with E-state index in [9.17, 15) is 4.79 Å². The number of aryl methyl sites for hydroxylation is 1. The van der Waals surface area contributed by atoms with Gasteiger partial charge in [0.25, 0.3) is 0 Å². The molecule has 2 heterocycles. The lowest BCUT2D eigenvalue weighted by Crippen LogP contribution is -2.49. The zero-order valence-corrected chi connectivity index (χ0v) is 14.2. The van der Waals surface area contributed by atoms with E-state index in [0.29, 0.717) is 18.6 Å². The van der Waals surface area contributed by atoms with Crippen molar-refractivity contribution in [3.8, 4) is 0 Å². The fraction of sp³-hybridized carbons (Fsp3) is 0.667. The molecule has 0 spiro atoms. The fourth-order valence-corrected chi connectivity index (χ4v) is 3.72. The smallest absolute Gasteiger partial charge is 0.248 e. The Hall–Kier alpha value is -1.62. The third-order valence-electron chi connectivity index (χ3n) is 5.10. The maximum Gasteiger partial charge on any atom is 0.248 e. The van der Waals surface area contributed by atoms with E-state index in [1.807, 2.05) is 11.1 Å². The number of morpholine rings is 1. The van der Waals surface area contributed by atoms with Gasteiger partial charge in [-0.2, -0.15) is 0 Å². The van der Waals surface area contributed by atoms with Crippen LogP contribution in [0.2, 0.25) is 0 Å². The molecule has 1 aromatic heterocycles. The van der Waals surface area contributed by atoms with Crippen LogP contribution in [0.1, 0.15) is 31.2 Å². The number of hydrogen-bond donors (Lipinski definition) is 0. The molecule has 0 radical (unpaired) electrons. The van der Waals surface area contributed by atoms with Gasteiger partial charge in [-0.05, 0) is 50.2 Å². The molecule has 126 valence electrons. The molecular formula is C18H27N3O2. The zero-order chi connectivity index (χ0) is 16.2. The monoisotopic (exact) mass is 317 g/mol. The van der Waals surface area contributed by atoms with Crippen molar-refractivity contribution in [2.24, 2.45) is 5.92 Å². The van der Waals surface area contributed by atoms with Crippen LogP contribution in [-0.4, -0.2) is 55.2 Å². The Morgan fingerprint density at radius 2 is 2.09 bits per heavy atom. The number of hydrogen-bond acceptors (Lipinski definition) is 4. The highest BCUT2D eigenvalue weighted by Crippen LogP contribution is 2.29. The van der Waals surface area contributed by atoms with Gasteiger partial charge in [0, 0.05) is 32.4 Å². The molecule has 1 amide bonds. The van der Waals surface area contributed by atoms with Crippen molar-refractivity contribution in [3.05, 3.63) is 23.9 Å². The van der Waals surface area contributed by atoms with Crippen LogP contribution in [0.25, 0.3) is 0 Å². The molecule has 2 aliphatic rings. The summed E-state index contributed by atoms with van der Waals surface area (Å²) in [6.45, 7) is 4.82. The van der Waals surface area contributed by atoms with Gasteiger partial charge in [-0.25, -0.2) is 4.98 Å². The summed E-state index contributed by atoms with van der Waals surface area (Å²) in [5.41, 5.74) is 1.19. The summed E-state index contributed by atoms with van der Waals surface area (Å²) in [5.74, 6) is 1.90. The summed E-state index contributed by atoms with van der Waals surface area (Å²) < 4.78 is 5.23. The molecule has 0 aromatic carbocycles. The first-order chi connectivity index (χ1) is 11.1. The van der Waals surface area contributed by atoms with Crippen molar-refractivity contribution in [2.75, 3.05) is 38.3 Å². The molecule has 1 saturated heterocycles. The summed E-state index contributed by atoms with van der Waals surface area (Å²) in [5, 5.41) is 0. The average molecular weight is 317 g/mol. The van der Waals surface area contributed by atoms with E-state index in [4.69, 9.17) is 4.74 Å². The van der Waals surface area contributed by atoms with E-state index in [0.717, 1.165) is 31.7 Å². The Bertz CT molecular complexity index is 524. The molecule has 5 heteroatoms. The van der Waals surface area contributed by atoms with Crippen LogP contribution >= 0.6 is 0 Å². The lowest BCUT2D eigenvalue weighted by Gasteiger charge is -2.39. The van der Waals surface area contributed by atoms with Gasteiger partial charge in [0.05, 0.1) is 6.61 Å². The van der Waals surface area contributed by atoms with Crippen molar-refractivity contribution >= 4 is 11.7 Å². The van der Waals surface area contributed by atoms with Crippen LogP contribution in [0.15, 0.2) is 18.3 Å². The highest BCUT2D eigenvalue weighted by atomic mass is 16.5. The Morgan fingerprint density at radius 1 is 1.30 bits per heavy atom. The molecule has 3 rings (SSSR count). The Balaban J connectivity index is 1.49. The highest BCUT2D eigenvalue weighted by Gasteiger charge is 2.30. The summed E-state index contributed by atoms with van der Waals surface area (Å²) in [4.78, 5) is 20.8. The minimum absolute atomic E-state index is 0.167. The summed E-state index contributed by atoms with van der Waals surface area (Å²) in [6.07, 6.45) is 6.53. The minimum Gasteiger partial charge on any atom is -0.370 e. The highest BCUT2D eigenvalue weighted by molar-refractivity contribution is 5.78. The second-order valence-electron chi connectivity index (χ2n) is 6.89. The molecule has 1 saturated carbocycles. The normalized spacial score (nSPS) is 25.5. The van der Waals surface area contributed by atoms with Crippen LogP contribution in [0.4, 0.5) is 5.82 Å². The van der Waals surface area contributed by atoms with E-state index in [1.54, 1.807) is 0 Å². The summed E-state index contributed by atoms with van der Waals surface area (Å²) in [7, 11) is 2.12. The number of pyridine rings is 1. The third-order valence-corrected chi connectivity index (χ3v) is 5.10. The number of anilines is 1. The van der Waals surface area contributed by atoms with Crippen LogP contribution in [0.3, 0.4) is 0 Å². The van der Waals surface area contributed by atoms with E-state index >= 15 is 0 Å². The van der Waals surface area contributed by atoms with Crippen molar-refractivity contribution in [1.29, 1.82) is 0 Å². The van der Waals surface area contributed by atoms with Crippen LogP contribution in [0.5, 0.6) is 0 Å². The van der Waals surface area contributed by atoms with Crippen molar-refractivity contribution in [2.45, 2.75) is 38.6 Å². The van der Waals surface area contributed by atoms with E-state index in [1.165, 1.54) is 18.4 Å². The van der Waals surface area contributed by atoms with Gasteiger partial charge in [0.1, 0.15) is 12.4 Å². The van der Waals surface area contributed by atoms with Crippen LogP contribution < -0.4 is 4.90 Å². The minimum atomic E-state index is 0.167. The predicted octanol–water partition coefficient (Wildman–Crippen LogP) is 2.24. The quantitative estimate of drug-likeness (QED) is 0.854. The molecule has 2 fully saturated rings. The Labute approximate surface area is 138 Å². The van der Waals surface area contributed by atoms with E-state index in [-0.39, 0.29) is 12.5 Å². The fourth-order valence-electron chi connectivity index (χ4n) is 3.72. The first-order valence-electron chi connectivity index (χ1n) is 8.64. The summed E-state index contributed by atoms with van der Waals surface area (Å²) in [6, 6.07) is 4.62.